The van der Waals surface area contributed by atoms with Crippen molar-refractivity contribution in [3.05, 3.63) is 34.0 Å². The minimum atomic E-state index is -0.427. The number of hydrogen-bond acceptors (Lipinski definition) is 4. The highest BCUT2D eigenvalue weighted by Gasteiger charge is 2.09. The standard InChI is InChI=1S/C15H19ClFN3S/c1-10(2)9-18-7-3-4-14-19-20-15(21-14)11-5-6-12(16)13(17)8-11/h5-6,8,10,18H,3-4,7,9H2,1-2H3. The Morgan fingerprint density at radius 1 is 1.33 bits per heavy atom. The van der Waals surface area contributed by atoms with Gasteiger partial charge in [-0.25, -0.2) is 4.39 Å². The minimum absolute atomic E-state index is 0.125. The molecular weight excluding hydrogens is 309 g/mol. The van der Waals surface area contributed by atoms with Gasteiger partial charge in [-0.15, -0.1) is 10.2 Å². The van der Waals surface area contributed by atoms with E-state index < -0.39 is 5.82 Å². The lowest BCUT2D eigenvalue weighted by atomic mass is 10.2. The molecule has 1 aromatic carbocycles. The van der Waals surface area contributed by atoms with E-state index in [1.807, 2.05) is 0 Å². The molecule has 6 heteroatoms. The molecule has 0 radical (unpaired) electrons. The molecule has 114 valence electrons. The van der Waals surface area contributed by atoms with E-state index in [9.17, 15) is 4.39 Å². The predicted octanol–water partition coefficient (Wildman–Crippen LogP) is 4.18. The fourth-order valence-electron chi connectivity index (χ4n) is 1.86. The van der Waals surface area contributed by atoms with Crippen LogP contribution in [0.4, 0.5) is 4.39 Å². The third-order valence-corrected chi connectivity index (χ3v) is 4.27. The molecule has 0 bridgehead atoms. The van der Waals surface area contributed by atoms with Crippen LogP contribution in [0.2, 0.25) is 5.02 Å². The van der Waals surface area contributed by atoms with Crippen LogP contribution < -0.4 is 5.32 Å². The van der Waals surface area contributed by atoms with E-state index in [0.29, 0.717) is 5.92 Å². The van der Waals surface area contributed by atoms with Crippen molar-refractivity contribution in [2.75, 3.05) is 13.1 Å². The van der Waals surface area contributed by atoms with Crippen molar-refractivity contribution in [2.45, 2.75) is 26.7 Å². The first-order valence-corrected chi connectivity index (χ1v) is 8.24. The molecule has 0 atom stereocenters. The summed E-state index contributed by atoms with van der Waals surface area (Å²) in [5.41, 5.74) is 0.721. The smallest absolute Gasteiger partial charge is 0.147 e. The van der Waals surface area contributed by atoms with E-state index in [1.54, 1.807) is 12.1 Å². The van der Waals surface area contributed by atoms with Gasteiger partial charge in [0.15, 0.2) is 0 Å². The van der Waals surface area contributed by atoms with E-state index in [1.165, 1.54) is 17.4 Å². The third-order valence-electron chi connectivity index (χ3n) is 2.93. The summed E-state index contributed by atoms with van der Waals surface area (Å²) in [6.45, 7) is 6.39. The molecule has 0 aliphatic heterocycles. The molecule has 1 N–H and O–H groups in total. The number of nitrogens with one attached hydrogen (secondary N) is 1. The summed E-state index contributed by atoms with van der Waals surface area (Å²) < 4.78 is 13.4. The molecule has 0 unspecified atom stereocenters. The summed E-state index contributed by atoms with van der Waals surface area (Å²) >= 11 is 7.18. The van der Waals surface area contributed by atoms with Crippen LogP contribution in [-0.2, 0) is 6.42 Å². The van der Waals surface area contributed by atoms with Crippen molar-refractivity contribution >= 4 is 22.9 Å². The van der Waals surface area contributed by atoms with Gasteiger partial charge in [0, 0.05) is 12.0 Å². The second kappa shape index (κ2) is 7.82. The highest BCUT2D eigenvalue weighted by molar-refractivity contribution is 7.14. The average Bonchev–Trinajstić information content (AvgIpc) is 2.90. The lowest BCUT2D eigenvalue weighted by molar-refractivity contribution is 0.542. The van der Waals surface area contributed by atoms with Gasteiger partial charge in [-0.3, -0.25) is 0 Å². The molecule has 2 aromatic rings. The Balaban J connectivity index is 1.87. The predicted molar refractivity (Wildman–Crippen MR) is 86.3 cm³/mol. The summed E-state index contributed by atoms with van der Waals surface area (Å²) in [7, 11) is 0. The lowest BCUT2D eigenvalue weighted by Crippen LogP contribution is -2.21. The third kappa shape index (κ3) is 5.02. The molecule has 21 heavy (non-hydrogen) atoms. The van der Waals surface area contributed by atoms with Gasteiger partial charge in [0.2, 0.25) is 0 Å². The van der Waals surface area contributed by atoms with Gasteiger partial charge >= 0.3 is 0 Å². The van der Waals surface area contributed by atoms with Gasteiger partial charge < -0.3 is 5.32 Å². The fraction of sp³-hybridized carbons (Fsp3) is 0.467. The summed E-state index contributed by atoms with van der Waals surface area (Å²) in [4.78, 5) is 0. The van der Waals surface area contributed by atoms with Gasteiger partial charge in [-0.1, -0.05) is 42.9 Å². The largest absolute Gasteiger partial charge is 0.316 e. The highest BCUT2D eigenvalue weighted by Crippen LogP contribution is 2.27. The second-order valence-electron chi connectivity index (χ2n) is 5.33. The Morgan fingerprint density at radius 3 is 2.86 bits per heavy atom. The summed E-state index contributed by atoms with van der Waals surface area (Å²) in [5, 5.41) is 13.5. The quantitative estimate of drug-likeness (QED) is 0.775. The van der Waals surface area contributed by atoms with Crippen molar-refractivity contribution in [3.8, 4) is 10.6 Å². The molecule has 0 spiro atoms. The molecule has 0 aliphatic carbocycles. The van der Waals surface area contributed by atoms with E-state index in [0.717, 1.165) is 41.5 Å². The Kier molecular flexibility index (Phi) is 6.08. The highest BCUT2D eigenvalue weighted by atomic mass is 35.5. The zero-order valence-electron chi connectivity index (χ0n) is 12.2. The molecule has 0 aliphatic rings. The van der Waals surface area contributed by atoms with Gasteiger partial charge in [-0.2, -0.15) is 0 Å². The number of aryl methyl sites for hydroxylation is 1. The first kappa shape index (κ1) is 16.3. The molecule has 0 saturated heterocycles. The monoisotopic (exact) mass is 327 g/mol. The lowest BCUT2D eigenvalue weighted by Gasteiger charge is -2.05. The molecule has 2 rings (SSSR count). The maximum atomic E-state index is 13.4. The van der Waals surface area contributed by atoms with E-state index >= 15 is 0 Å². The van der Waals surface area contributed by atoms with Crippen molar-refractivity contribution < 1.29 is 4.39 Å². The normalized spacial score (nSPS) is 11.3. The van der Waals surface area contributed by atoms with Crippen LogP contribution in [-0.4, -0.2) is 23.3 Å². The summed E-state index contributed by atoms with van der Waals surface area (Å²) in [6, 6.07) is 4.71. The molecule has 1 aromatic heterocycles. The number of aromatic nitrogens is 2. The number of hydrogen-bond donors (Lipinski definition) is 1. The van der Waals surface area contributed by atoms with Gasteiger partial charge in [0.1, 0.15) is 15.8 Å². The van der Waals surface area contributed by atoms with Crippen LogP contribution in [0.3, 0.4) is 0 Å². The topological polar surface area (TPSA) is 37.8 Å². The van der Waals surface area contributed by atoms with Crippen LogP contribution in [0.15, 0.2) is 18.2 Å². The Morgan fingerprint density at radius 2 is 2.14 bits per heavy atom. The van der Waals surface area contributed by atoms with Crippen molar-refractivity contribution in [1.29, 1.82) is 0 Å². The van der Waals surface area contributed by atoms with Gasteiger partial charge in [-0.05, 0) is 37.6 Å². The van der Waals surface area contributed by atoms with Crippen LogP contribution in [0.1, 0.15) is 25.3 Å². The Bertz CT molecular complexity index is 586. The van der Waals surface area contributed by atoms with Crippen LogP contribution in [0, 0.1) is 11.7 Å². The molecular formula is C15H19ClFN3S. The second-order valence-corrected chi connectivity index (χ2v) is 6.80. The fourth-order valence-corrected chi connectivity index (χ4v) is 2.85. The Labute approximate surface area is 133 Å². The van der Waals surface area contributed by atoms with E-state index in [4.69, 9.17) is 11.6 Å². The Hall–Kier alpha value is -1.04. The maximum Gasteiger partial charge on any atom is 0.147 e. The number of rotatable bonds is 7. The summed E-state index contributed by atoms with van der Waals surface area (Å²) in [5.74, 6) is 0.238. The first-order chi connectivity index (χ1) is 10.1. The molecule has 0 saturated carbocycles. The van der Waals surface area contributed by atoms with Crippen LogP contribution in [0.25, 0.3) is 10.6 Å². The summed E-state index contributed by atoms with van der Waals surface area (Å²) in [6.07, 6.45) is 1.91. The van der Waals surface area contributed by atoms with Crippen molar-refractivity contribution in [2.24, 2.45) is 5.92 Å². The van der Waals surface area contributed by atoms with E-state index in [-0.39, 0.29) is 5.02 Å². The maximum absolute atomic E-state index is 13.4. The molecule has 0 fully saturated rings. The van der Waals surface area contributed by atoms with Crippen molar-refractivity contribution in [1.82, 2.24) is 15.5 Å². The molecule has 3 nitrogen and oxygen atoms in total. The molecule has 0 amide bonds. The average molecular weight is 328 g/mol. The first-order valence-electron chi connectivity index (χ1n) is 7.05. The zero-order chi connectivity index (χ0) is 15.2. The van der Waals surface area contributed by atoms with Crippen molar-refractivity contribution in [3.63, 3.8) is 0 Å². The minimum Gasteiger partial charge on any atom is -0.316 e. The number of benzene rings is 1. The zero-order valence-corrected chi connectivity index (χ0v) is 13.8. The van der Waals surface area contributed by atoms with Crippen LogP contribution >= 0.6 is 22.9 Å². The number of halogens is 2. The van der Waals surface area contributed by atoms with Gasteiger partial charge in [0.25, 0.3) is 0 Å². The SMILES string of the molecule is CC(C)CNCCCc1nnc(-c2ccc(Cl)c(F)c2)s1. The van der Waals surface area contributed by atoms with Gasteiger partial charge in [0.05, 0.1) is 5.02 Å². The molecule has 1 heterocycles. The van der Waals surface area contributed by atoms with Crippen LogP contribution in [0.5, 0.6) is 0 Å². The van der Waals surface area contributed by atoms with E-state index in [2.05, 4.69) is 29.4 Å². The number of nitrogens with zero attached hydrogens (tertiary/aromatic N) is 2.